The molecule has 9 heteroatoms. The molecule has 3 N–H and O–H groups in total. The second kappa shape index (κ2) is 8.67. The van der Waals surface area contributed by atoms with Gasteiger partial charge in [0, 0.05) is 11.6 Å². The Kier molecular flexibility index (Phi) is 6.47. The molecule has 2 amide bonds. The number of carbonyl (C=O) groups excluding carboxylic acids is 1. The van der Waals surface area contributed by atoms with Gasteiger partial charge in [-0.2, -0.15) is 10.2 Å². The van der Waals surface area contributed by atoms with Gasteiger partial charge >= 0.3 is 6.03 Å². The van der Waals surface area contributed by atoms with Crippen LogP contribution in [-0.4, -0.2) is 53.9 Å². The van der Waals surface area contributed by atoms with Gasteiger partial charge in [0.2, 0.25) is 0 Å². The summed E-state index contributed by atoms with van der Waals surface area (Å²) in [6, 6.07) is 6.33. The van der Waals surface area contributed by atoms with E-state index in [2.05, 4.69) is 10.4 Å². The van der Waals surface area contributed by atoms with Crippen molar-refractivity contribution in [2.45, 2.75) is 62.9 Å². The van der Waals surface area contributed by atoms with Gasteiger partial charge in [0.15, 0.2) is 10.5 Å². The molecule has 2 aliphatic rings. The molecule has 152 valence electrons. The lowest BCUT2D eigenvalue weighted by atomic mass is 9.96. The molecular formula is C19H26N4O3S2. The van der Waals surface area contributed by atoms with Crippen LogP contribution in [0, 0.1) is 0 Å². The van der Waals surface area contributed by atoms with Crippen LogP contribution in [0.1, 0.15) is 51.5 Å². The molecule has 0 spiro atoms. The van der Waals surface area contributed by atoms with Crippen LogP contribution in [0.15, 0.2) is 29.4 Å². The Hall–Kier alpha value is -1.84. The molecule has 1 saturated heterocycles. The quantitative estimate of drug-likeness (QED) is 0.295. The summed E-state index contributed by atoms with van der Waals surface area (Å²) in [6.45, 7) is 3.81. The van der Waals surface area contributed by atoms with E-state index >= 15 is 0 Å². The van der Waals surface area contributed by atoms with Crippen LogP contribution < -0.4 is 5.32 Å². The second-order valence-corrected chi connectivity index (χ2v) is 9.91. The zero-order chi connectivity index (χ0) is 20.3. The number of nitrogens with one attached hydrogen (secondary N) is 1. The molecule has 1 atom stereocenters. The van der Waals surface area contributed by atoms with E-state index in [-0.39, 0.29) is 11.8 Å². The number of para-hydroxylation sites is 1. The molecule has 0 unspecified atom stereocenters. The number of phenols is 1. The zero-order valence-corrected chi connectivity index (χ0v) is 17.7. The van der Waals surface area contributed by atoms with Gasteiger partial charge < -0.3 is 10.4 Å². The van der Waals surface area contributed by atoms with Crippen molar-refractivity contribution < 1.29 is 15.1 Å². The maximum absolute atomic E-state index is 12.7. The number of hydroxylamine groups is 2. The van der Waals surface area contributed by atoms with Crippen molar-refractivity contribution in [2.75, 3.05) is 0 Å². The summed E-state index contributed by atoms with van der Waals surface area (Å²) in [4.78, 5) is 12.7. The molecule has 0 bridgehead atoms. The number of urea groups is 1. The Morgan fingerprint density at radius 1 is 1.36 bits per heavy atom. The number of thiocarbonyl (C=S) groups is 1. The minimum absolute atomic E-state index is 0.0817. The molecule has 1 saturated carbocycles. The highest BCUT2D eigenvalue weighted by Crippen LogP contribution is 2.42. The van der Waals surface area contributed by atoms with Gasteiger partial charge in [-0.25, -0.2) is 9.80 Å². The van der Waals surface area contributed by atoms with E-state index < -0.39 is 16.9 Å². The van der Waals surface area contributed by atoms with Crippen LogP contribution in [0.5, 0.6) is 5.75 Å². The molecule has 3 rings (SSSR count). The molecule has 0 radical (unpaired) electrons. The van der Waals surface area contributed by atoms with Crippen molar-refractivity contribution in [3.63, 3.8) is 0 Å². The third kappa shape index (κ3) is 4.59. The van der Waals surface area contributed by atoms with E-state index in [0.29, 0.717) is 14.9 Å². The number of phenolic OH excluding ortho intramolecular Hbond substituents is 1. The van der Waals surface area contributed by atoms with Gasteiger partial charge in [-0.15, -0.1) is 0 Å². The van der Waals surface area contributed by atoms with E-state index in [0.717, 1.165) is 25.7 Å². The van der Waals surface area contributed by atoms with Crippen LogP contribution in [-0.2, 0) is 0 Å². The standard InChI is InChI=1S/C19H26N4O3S2/c1-19(2)16(23(26)17(25)21-14-9-4-3-5-10-14)22(18(27)28-19)20-12-13-8-6-7-11-15(13)24/h6-8,11-12,14,16,24,26H,3-5,9-10H2,1-2H3,(H,21,25)/b20-12-/t16-/m0/s1. The third-order valence-electron chi connectivity index (χ3n) is 5.02. The SMILES string of the molecule is CC1(C)SC(=S)N(/N=C\c2ccccc2O)[C@H]1N(O)C(=O)NC1CCCCC1. The molecule has 1 aliphatic carbocycles. The van der Waals surface area contributed by atoms with Crippen LogP contribution in [0.4, 0.5) is 4.79 Å². The van der Waals surface area contributed by atoms with Gasteiger partial charge in [-0.1, -0.05) is 55.4 Å². The van der Waals surface area contributed by atoms with Gasteiger partial charge in [-0.05, 0) is 38.8 Å². The highest BCUT2D eigenvalue weighted by atomic mass is 32.2. The minimum Gasteiger partial charge on any atom is -0.507 e. The molecule has 2 fully saturated rings. The maximum Gasteiger partial charge on any atom is 0.343 e. The summed E-state index contributed by atoms with van der Waals surface area (Å²) in [5.41, 5.74) is 0.523. The molecule has 1 aliphatic heterocycles. The summed E-state index contributed by atoms with van der Waals surface area (Å²) >= 11 is 6.79. The Labute approximate surface area is 174 Å². The number of nitrogens with zero attached hydrogens (tertiary/aromatic N) is 3. The van der Waals surface area contributed by atoms with Crippen LogP contribution in [0.2, 0.25) is 0 Å². The fourth-order valence-corrected chi connectivity index (χ4v) is 5.33. The molecule has 0 aromatic heterocycles. The normalized spacial score (nSPS) is 22.6. The number of hydrogen-bond acceptors (Lipinski definition) is 6. The first-order valence-electron chi connectivity index (χ1n) is 9.42. The monoisotopic (exact) mass is 422 g/mol. The fraction of sp³-hybridized carbons (Fsp3) is 0.526. The molecule has 1 heterocycles. The number of thioether (sulfide) groups is 1. The highest BCUT2D eigenvalue weighted by molar-refractivity contribution is 8.24. The van der Waals surface area contributed by atoms with Crippen LogP contribution in [0.25, 0.3) is 0 Å². The Morgan fingerprint density at radius 2 is 2.04 bits per heavy atom. The number of amides is 2. The smallest absolute Gasteiger partial charge is 0.343 e. The van der Waals surface area contributed by atoms with Gasteiger partial charge in [0.25, 0.3) is 0 Å². The number of rotatable bonds is 4. The van der Waals surface area contributed by atoms with E-state index in [1.54, 1.807) is 24.3 Å². The van der Waals surface area contributed by atoms with Crippen molar-refractivity contribution >= 4 is 40.5 Å². The average molecular weight is 423 g/mol. The first-order chi connectivity index (χ1) is 13.3. The first kappa shape index (κ1) is 20.9. The van der Waals surface area contributed by atoms with Crippen LogP contribution in [0.3, 0.4) is 0 Å². The lowest BCUT2D eigenvalue weighted by molar-refractivity contribution is -0.119. The van der Waals surface area contributed by atoms with E-state index in [1.807, 2.05) is 13.8 Å². The van der Waals surface area contributed by atoms with Crippen molar-refractivity contribution in [3.8, 4) is 5.75 Å². The van der Waals surface area contributed by atoms with E-state index in [4.69, 9.17) is 12.2 Å². The lowest BCUT2D eigenvalue weighted by Crippen LogP contribution is -2.57. The predicted molar refractivity (Wildman–Crippen MR) is 115 cm³/mol. The average Bonchev–Trinajstić information content (AvgIpc) is 2.89. The van der Waals surface area contributed by atoms with Gasteiger partial charge in [-0.3, -0.25) is 5.21 Å². The van der Waals surface area contributed by atoms with Crippen LogP contribution >= 0.6 is 24.0 Å². The zero-order valence-electron chi connectivity index (χ0n) is 16.0. The number of benzene rings is 1. The molecule has 1 aromatic rings. The number of aromatic hydroxyl groups is 1. The summed E-state index contributed by atoms with van der Waals surface area (Å²) in [6.07, 6.45) is 5.92. The van der Waals surface area contributed by atoms with Crippen molar-refractivity contribution in [1.82, 2.24) is 15.4 Å². The summed E-state index contributed by atoms with van der Waals surface area (Å²) in [5.74, 6) is 0.0933. The Bertz CT molecular complexity index is 765. The lowest BCUT2D eigenvalue weighted by Gasteiger charge is -2.35. The third-order valence-corrected chi connectivity index (χ3v) is 6.56. The Balaban J connectivity index is 1.77. The minimum atomic E-state index is -0.768. The molecule has 7 nitrogen and oxygen atoms in total. The Morgan fingerprint density at radius 3 is 2.71 bits per heavy atom. The van der Waals surface area contributed by atoms with E-state index in [1.165, 1.54) is 29.4 Å². The largest absolute Gasteiger partial charge is 0.507 e. The predicted octanol–water partition coefficient (Wildman–Crippen LogP) is 3.90. The van der Waals surface area contributed by atoms with Crippen molar-refractivity contribution in [3.05, 3.63) is 29.8 Å². The molecule has 28 heavy (non-hydrogen) atoms. The number of carbonyl (C=O) groups is 1. The molecular weight excluding hydrogens is 396 g/mol. The van der Waals surface area contributed by atoms with E-state index in [9.17, 15) is 15.1 Å². The van der Waals surface area contributed by atoms with Crippen molar-refractivity contribution in [2.24, 2.45) is 5.10 Å². The number of hydrazone groups is 1. The molecule has 1 aromatic carbocycles. The van der Waals surface area contributed by atoms with Crippen molar-refractivity contribution in [1.29, 1.82) is 0 Å². The van der Waals surface area contributed by atoms with Gasteiger partial charge in [0.1, 0.15) is 5.75 Å². The topological polar surface area (TPSA) is 88.4 Å². The highest BCUT2D eigenvalue weighted by Gasteiger charge is 2.50. The fourth-order valence-electron chi connectivity index (χ4n) is 3.55. The van der Waals surface area contributed by atoms with Gasteiger partial charge in [0.05, 0.1) is 11.0 Å². The first-order valence-corrected chi connectivity index (χ1v) is 10.6. The summed E-state index contributed by atoms with van der Waals surface area (Å²) in [5, 5.41) is 30.1. The maximum atomic E-state index is 12.7. The summed E-state index contributed by atoms with van der Waals surface area (Å²) in [7, 11) is 0. The number of hydrogen-bond donors (Lipinski definition) is 3. The summed E-state index contributed by atoms with van der Waals surface area (Å²) < 4.78 is -0.114. The second-order valence-electron chi connectivity index (χ2n) is 7.62.